The van der Waals surface area contributed by atoms with Crippen LogP contribution in [0, 0.1) is 5.92 Å². The molecule has 0 radical (unpaired) electrons. The van der Waals surface area contributed by atoms with E-state index in [1.165, 1.54) is 0 Å². The summed E-state index contributed by atoms with van der Waals surface area (Å²) in [7, 11) is 0. The Balaban J connectivity index is 2.47. The van der Waals surface area contributed by atoms with Gasteiger partial charge in [-0.25, -0.2) is 0 Å². The maximum atomic E-state index is 13.0. The van der Waals surface area contributed by atoms with Crippen molar-refractivity contribution >= 4 is 5.78 Å². The number of alkyl halides is 6. The first-order valence-electron chi connectivity index (χ1n) is 6.93. The Morgan fingerprint density at radius 2 is 1.50 bits per heavy atom. The van der Waals surface area contributed by atoms with Crippen molar-refractivity contribution in [1.29, 1.82) is 0 Å². The average molecular weight is 324 g/mol. The molecule has 22 heavy (non-hydrogen) atoms. The van der Waals surface area contributed by atoms with Gasteiger partial charge in [0.2, 0.25) is 0 Å². The van der Waals surface area contributed by atoms with Crippen molar-refractivity contribution in [2.45, 2.75) is 44.5 Å². The number of ketones is 1. The molecular formula is C15H14F6O. The van der Waals surface area contributed by atoms with Gasteiger partial charge in [0.15, 0.2) is 5.78 Å². The van der Waals surface area contributed by atoms with Gasteiger partial charge in [-0.05, 0) is 31.0 Å². The molecule has 7 heteroatoms. The molecule has 0 bridgehead atoms. The van der Waals surface area contributed by atoms with Gasteiger partial charge in [-0.3, -0.25) is 4.79 Å². The Morgan fingerprint density at radius 1 is 0.909 bits per heavy atom. The van der Waals surface area contributed by atoms with Crippen LogP contribution in [0.2, 0.25) is 0 Å². The SMILES string of the molecule is O=C(c1cc(C(F)(F)F)ccc1C(F)(F)F)C1CCCCC1. The number of benzene rings is 1. The highest BCUT2D eigenvalue weighted by Crippen LogP contribution is 2.38. The van der Waals surface area contributed by atoms with E-state index in [0.717, 1.165) is 6.42 Å². The van der Waals surface area contributed by atoms with Crippen molar-refractivity contribution < 1.29 is 31.1 Å². The normalized spacial score (nSPS) is 17.5. The fourth-order valence-electron chi connectivity index (χ4n) is 2.76. The second-order valence-corrected chi connectivity index (χ2v) is 5.46. The molecule has 0 aliphatic heterocycles. The molecule has 1 aromatic rings. The van der Waals surface area contributed by atoms with Crippen molar-refractivity contribution in [3.63, 3.8) is 0 Å². The summed E-state index contributed by atoms with van der Waals surface area (Å²) in [5, 5.41) is 0. The van der Waals surface area contributed by atoms with Crippen LogP contribution >= 0.6 is 0 Å². The van der Waals surface area contributed by atoms with Crippen LogP contribution < -0.4 is 0 Å². The van der Waals surface area contributed by atoms with E-state index in [0.29, 0.717) is 43.9 Å². The van der Waals surface area contributed by atoms with Crippen molar-refractivity contribution in [3.05, 3.63) is 34.9 Å². The lowest BCUT2D eigenvalue weighted by Crippen LogP contribution is -2.22. The third-order valence-electron chi connectivity index (χ3n) is 3.89. The number of carbonyl (C=O) groups is 1. The third-order valence-corrected chi connectivity index (χ3v) is 3.89. The first-order valence-corrected chi connectivity index (χ1v) is 6.93. The second kappa shape index (κ2) is 5.93. The summed E-state index contributed by atoms with van der Waals surface area (Å²) in [6, 6.07) is 1.04. The molecule has 0 atom stereocenters. The molecule has 0 aromatic heterocycles. The summed E-state index contributed by atoms with van der Waals surface area (Å²) >= 11 is 0. The van der Waals surface area contributed by atoms with Gasteiger partial charge in [0, 0.05) is 11.5 Å². The fraction of sp³-hybridized carbons (Fsp3) is 0.533. The van der Waals surface area contributed by atoms with Crippen molar-refractivity contribution in [3.8, 4) is 0 Å². The topological polar surface area (TPSA) is 17.1 Å². The Labute approximate surface area is 123 Å². The van der Waals surface area contributed by atoms with Crippen LogP contribution in [0.1, 0.15) is 53.6 Å². The Kier molecular flexibility index (Phi) is 4.54. The first-order chi connectivity index (χ1) is 10.1. The quantitative estimate of drug-likeness (QED) is 0.519. The van der Waals surface area contributed by atoms with E-state index in [-0.39, 0.29) is 0 Å². The van der Waals surface area contributed by atoms with Gasteiger partial charge in [-0.1, -0.05) is 19.3 Å². The van der Waals surface area contributed by atoms with Gasteiger partial charge >= 0.3 is 12.4 Å². The van der Waals surface area contributed by atoms with E-state index in [1.54, 1.807) is 0 Å². The zero-order chi connectivity index (χ0) is 16.5. The van der Waals surface area contributed by atoms with Crippen molar-refractivity contribution in [2.75, 3.05) is 0 Å². The Hall–Kier alpha value is -1.53. The molecule has 0 amide bonds. The van der Waals surface area contributed by atoms with Gasteiger partial charge < -0.3 is 0 Å². The summed E-state index contributed by atoms with van der Waals surface area (Å²) in [6.45, 7) is 0. The predicted molar refractivity (Wildman–Crippen MR) is 67.4 cm³/mol. The third kappa shape index (κ3) is 3.62. The highest BCUT2D eigenvalue weighted by Gasteiger charge is 2.39. The maximum Gasteiger partial charge on any atom is 0.417 e. The molecule has 2 rings (SSSR count). The molecule has 0 unspecified atom stereocenters. The molecule has 1 saturated carbocycles. The van der Waals surface area contributed by atoms with E-state index in [1.807, 2.05) is 0 Å². The molecule has 0 spiro atoms. The van der Waals surface area contributed by atoms with Gasteiger partial charge in [-0.15, -0.1) is 0 Å². The average Bonchev–Trinajstić information content (AvgIpc) is 2.45. The molecule has 0 saturated heterocycles. The zero-order valence-electron chi connectivity index (χ0n) is 11.5. The van der Waals surface area contributed by atoms with Crippen LogP contribution in [-0.4, -0.2) is 5.78 Å². The molecule has 1 aliphatic rings. The molecule has 1 aliphatic carbocycles. The molecule has 1 nitrogen and oxygen atoms in total. The lowest BCUT2D eigenvalue weighted by atomic mass is 9.82. The molecule has 122 valence electrons. The lowest BCUT2D eigenvalue weighted by Gasteiger charge is -2.22. The van der Waals surface area contributed by atoms with Gasteiger partial charge in [0.05, 0.1) is 11.1 Å². The summed E-state index contributed by atoms with van der Waals surface area (Å²) in [4.78, 5) is 12.3. The highest BCUT2D eigenvalue weighted by molar-refractivity contribution is 5.99. The lowest BCUT2D eigenvalue weighted by molar-refractivity contribution is -0.141. The molecular weight excluding hydrogens is 310 g/mol. The maximum absolute atomic E-state index is 13.0. The van der Waals surface area contributed by atoms with Gasteiger partial charge in [-0.2, -0.15) is 26.3 Å². The standard InChI is InChI=1S/C15H14F6O/c16-14(17,18)10-6-7-12(15(19,20)21)11(8-10)13(22)9-4-2-1-3-5-9/h6-9H,1-5H2. The van der Waals surface area contributed by atoms with Crippen LogP contribution in [0.25, 0.3) is 0 Å². The summed E-state index contributed by atoms with van der Waals surface area (Å²) in [5.74, 6) is -1.46. The first kappa shape index (κ1) is 16.8. The zero-order valence-corrected chi connectivity index (χ0v) is 11.5. The van der Waals surface area contributed by atoms with Crippen molar-refractivity contribution in [1.82, 2.24) is 0 Å². The van der Waals surface area contributed by atoms with E-state index >= 15 is 0 Å². The highest BCUT2D eigenvalue weighted by atomic mass is 19.4. The van der Waals surface area contributed by atoms with E-state index in [4.69, 9.17) is 0 Å². The molecule has 1 aromatic carbocycles. The monoisotopic (exact) mass is 324 g/mol. The number of hydrogen-bond donors (Lipinski definition) is 0. The van der Waals surface area contributed by atoms with Crippen LogP contribution in [0.4, 0.5) is 26.3 Å². The fourth-order valence-corrected chi connectivity index (χ4v) is 2.76. The molecule has 0 N–H and O–H groups in total. The number of Topliss-reactive ketones (excluding diaryl/α,β-unsaturated/α-hetero) is 1. The summed E-state index contributed by atoms with van der Waals surface area (Å²) in [5.41, 5.74) is -3.40. The van der Waals surface area contributed by atoms with E-state index in [2.05, 4.69) is 0 Å². The predicted octanol–water partition coefficient (Wildman–Crippen LogP) is 5.49. The molecule has 1 fully saturated rings. The van der Waals surface area contributed by atoms with Crippen LogP contribution in [0.3, 0.4) is 0 Å². The largest absolute Gasteiger partial charge is 0.417 e. The smallest absolute Gasteiger partial charge is 0.294 e. The van der Waals surface area contributed by atoms with Crippen LogP contribution in [0.5, 0.6) is 0 Å². The number of carbonyl (C=O) groups excluding carboxylic acids is 1. The number of hydrogen-bond acceptors (Lipinski definition) is 1. The van der Waals surface area contributed by atoms with Crippen molar-refractivity contribution in [2.24, 2.45) is 5.92 Å². The minimum atomic E-state index is -4.86. The summed E-state index contributed by atoms with van der Waals surface area (Å²) < 4.78 is 77.0. The van der Waals surface area contributed by atoms with Crippen LogP contribution in [-0.2, 0) is 12.4 Å². The van der Waals surface area contributed by atoms with Gasteiger partial charge in [0.1, 0.15) is 0 Å². The minimum Gasteiger partial charge on any atom is -0.294 e. The minimum absolute atomic E-state index is 0.333. The molecule has 0 heterocycles. The number of halogens is 6. The second-order valence-electron chi connectivity index (χ2n) is 5.46. The number of rotatable bonds is 2. The van der Waals surface area contributed by atoms with E-state index in [9.17, 15) is 31.1 Å². The summed E-state index contributed by atoms with van der Waals surface area (Å²) in [6.07, 6.45) is -6.50. The van der Waals surface area contributed by atoms with E-state index < -0.39 is 40.7 Å². The van der Waals surface area contributed by atoms with Gasteiger partial charge in [0.25, 0.3) is 0 Å². The van der Waals surface area contributed by atoms with Crippen LogP contribution in [0.15, 0.2) is 18.2 Å². The Morgan fingerprint density at radius 3 is 2.00 bits per heavy atom. The Bertz CT molecular complexity index is 552.